The molecule has 0 aliphatic carbocycles. The van der Waals surface area contributed by atoms with Crippen molar-refractivity contribution in [3.8, 4) is 0 Å². The van der Waals surface area contributed by atoms with E-state index in [1.165, 1.54) is 6.07 Å². The van der Waals surface area contributed by atoms with E-state index < -0.39 is 0 Å². The van der Waals surface area contributed by atoms with Crippen LogP contribution in [-0.4, -0.2) is 18.1 Å². The van der Waals surface area contributed by atoms with Crippen LogP contribution in [0.25, 0.3) is 0 Å². The van der Waals surface area contributed by atoms with E-state index in [2.05, 4.69) is 26.2 Å². The van der Waals surface area contributed by atoms with Crippen molar-refractivity contribution in [3.05, 3.63) is 52.5 Å². The number of hydrogen-bond donors (Lipinski definition) is 1. The third kappa shape index (κ3) is 4.17. The van der Waals surface area contributed by atoms with Gasteiger partial charge in [-0.1, -0.05) is 0 Å². The van der Waals surface area contributed by atoms with E-state index in [0.29, 0.717) is 12.2 Å². The number of hydrogen-bond acceptors (Lipinski definition) is 3. The van der Waals surface area contributed by atoms with Gasteiger partial charge in [0, 0.05) is 42.2 Å². The molecule has 1 aromatic carbocycles. The predicted octanol–water partition coefficient (Wildman–Crippen LogP) is 4.44. The number of rotatable bonds is 5. The van der Waals surface area contributed by atoms with Crippen molar-refractivity contribution in [2.45, 2.75) is 26.4 Å². The van der Waals surface area contributed by atoms with E-state index in [4.69, 9.17) is 0 Å². The standard InChI is InChI=1S/C16H19BrFN3/c1-11(2)21(3)16-5-4-14(7-15(16)18)20-9-12-6-13(17)10-19-8-12/h4-8,10-11,20H,9H2,1-3H3. The van der Waals surface area contributed by atoms with Crippen LogP contribution in [0.15, 0.2) is 41.1 Å². The summed E-state index contributed by atoms with van der Waals surface area (Å²) in [5.41, 5.74) is 2.40. The molecule has 0 radical (unpaired) electrons. The molecule has 1 N–H and O–H groups in total. The van der Waals surface area contributed by atoms with Crippen molar-refractivity contribution in [3.63, 3.8) is 0 Å². The van der Waals surface area contributed by atoms with Crippen LogP contribution in [0.1, 0.15) is 19.4 Å². The molecule has 112 valence electrons. The molecular formula is C16H19BrFN3. The monoisotopic (exact) mass is 351 g/mol. The van der Waals surface area contributed by atoms with Crippen LogP contribution in [-0.2, 0) is 6.54 Å². The van der Waals surface area contributed by atoms with E-state index in [0.717, 1.165) is 15.7 Å². The number of halogens is 2. The molecule has 0 spiro atoms. The second kappa shape index (κ2) is 6.89. The van der Waals surface area contributed by atoms with Gasteiger partial charge in [0.25, 0.3) is 0 Å². The van der Waals surface area contributed by atoms with Gasteiger partial charge in [0.2, 0.25) is 0 Å². The van der Waals surface area contributed by atoms with Crippen LogP contribution in [0.2, 0.25) is 0 Å². The zero-order valence-electron chi connectivity index (χ0n) is 12.4. The highest BCUT2D eigenvalue weighted by molar-refractivity contribution is 9.10. The molecule has 0 fully saturated rings. The summed E-state index contributed by atoms with van der Waals surface area (Å²) < 4.78 is 15.1. The minimum Gasteiger partial charge on any atom is -0.381 e. The lowest BCUT2D eigenvalue weighted by Gasteiger charge is -2.24. The van der Waals surface area contributed by atoms with E-state index in [1.807, 2.05) is 37.9 Å². The molecule has 0 saturated carbocycles. The molecule has 0 bridgehead atoms. The Morgan fingerprint density at radius 1 is 1.29 bits per heavy atom. The lowest BCUT2D eigenvalue weighted by molar-refractivity contribution is 0.614. The Morgan fingerprint density at radius 3 is 2.67 bits per heavy atom. The molecule has 3 nitrogen and oxygen atoms in total. The summed E-state index contributed by atoms with van der Waals surface area (Å²) in [7, 11) is 1.89. The van der Waals surface area contributed by atoms with Gasteiger partial charge in [-0.05, 0) is 59.6 Å². The van der Waals surface area contributed by atoms with Crippen molar-refractivity contribution in [1.82, 2.24) is 4.98 Å². The predicted molar refractivity (Wildman–Crippen MR) is 89.2 cm³/mol. The summed E-state index contributed by atoms with van der Waals surface area (Å²) in [5.74, 6) is -0.219. The van der Waals surface area contributed by atoms with Crippen LogP contribution < -0.4 is 10.2 Å². The van der Waals surface area contributed by atoms with Gasteiger partial charge >= 0.3 is 0 Å². The van der Waals surface area contributed by atoms with Crippen molar-refractivity contribution >= 4 is 27.3 Å². The molecule has 5 heteroatoms. The molecule has 0 aliphatic heterocycles. The Hall–Kier alpha value is -1.62. The highest BCUT2D eigenvalue weighted by Gasteiger charge is 2.10. The molecule has 21 heavy (non-hydrogen) atoms. The quantitative estimate of drug-likeness (QED) is 0.862. The zero-order chi connectivity index (χ0) is 15.4. The highest BCUT2D eigenvalue weighted by atomic mass is 79.9. The number of nitrogens with zero attached hydrogens (tertiary/aromatic N) is 2. The average Bonchev–Trinajstić information content (AvgIpc) is 2.44. The van der Waals surface area contributed by atoms with E-state index >= 15 is 0 Å². The topological polar surface area (TPSA) is 28.2 Å². The summed E-state index contributed by atoms with van der Waals surface area (Å²) >= 11 is 3.38. The third-order valence-corrected chi connectivity index (χ3v) is 3.79. The first-order valence-electron chi connectivity index (χ1n) is 6.83. The Bertz CT molecular complexity index is 616. The normalized spacial score (nSPS) is 10.8. The molecule has 0 amide bonds. The first kappa shape index (κ1) is 15.8. The maximum absolute atomic E-state index is 14.1. The SMILES string of the molecule is CC(C)N(C)c1ccc(NCc2cncc(Br)c2)cc1F. The summed E-state index contributed by atoms with van der Waals surface area (Å²) in [6, 6.07) is 7.46. The van der Waals surface area contributed by atoms with Crippen LogP contribution in [0.4, 0.5) is 15.8 Å². The number of benzene rings is 1. The molecule has 0 atom stereocenters. The smallest absolute Gasteiger partial charge is 0.148 e. The molecule has 1 heterocycles. The van der Waals surface area contributed by atoms with Gasteiger partial charge in [-0.3, -0.25) is 4.98 Å². The van der Waals surface area contributed by atoms with Crippen LogP contribution in [0.5, 0.6) is 0 Å². The summed E-state index contributed by atoms with van der Waals surface area (Å²) in [6.45, 7) is 4.67. The van der Waals surface area contributed by atoms with Gasteiger partial charge in [0.1, 0.15) is 5.82 Å². The number of anilines is 2. The fraction of sp³-hybridized carbons (Fsp3) is 0.312. The maximum Gasteiger partial charge on any atom is 0.148 e. The molecule has 2 aromatic rings. The Balaban J connectivity index is 2.07. The largest absolute Gasteiger partial charge is 0.381 e. The molecule has 1 aromatic heterocycles. The Kier molecular flexibility index (Phi) is 5.17. The Labute approximate surface area is 133 Å². The number of pyridine rings is 1. The summed E-state index contributed by atoms with van der Waals surface area (Å²) in [5, 5.41) is 3.21. The summed E-state index contributed by atoms with van der Waals surface area (Å²) in [4.78, 5) is 6.02. The molecule has 2 rings (SSSR count). The van der Waals surface area contributed by atoms with Gasteiger partial charge < -0.3 is 10.2 Å². The Morgan fingerprint density at radius 2 is 2.05 bits per heavy atom. The van der Waals surface area contributed by atoms with Gasteiger partial charge in [-0.25, -0.2) is 4.39 Å². The lowest BCUT2D eigenvalue weighted by Crippen LogP contribution is -2.26. The number of nitrogens with one attached hydrogen (secondary N) is 1. The average molecular weight is 352 g/mol. The minimum absolute atomic E-state index is 0.219. The zero-order valence-corrected chi connectivity index (χ0v) is 14.0. The molecular weight excluding hydrogens is 333 g/mol. The van der Waals surface area contributed by atoms with Crippen molar-refractivity contribution in [1.29, 1.82) is 0 Å². The first-order valence-corrected chi connectivity index (χ1v) is 7.62. The van der Waals surface area contributed by atoms with E-state index in [9.17, 15) is 4.39 Å². The van der Waals surface area contributed by atoms with Crippen molar-refractivity contribution in [2.24, 2.45) is 0 Å². The van der Waals surface area contributed by atoms with Crippen LogP contribution >= 0.6 is 15.9 Å². The van der Waals surface area contributed by atoms with Gasteiger partial charge in [0.05, 0.1) is 5.69 Å². The fourth-order valence-corrected chi connectivity index (χ4v) is 2.35. The van der Waals surface area contributed by atoms with E-state index in [-0.39, 0.29) is 11.9 Å². The number of aromatic nitrogens is 1. The van der Waals surface area contributed by atoms with Crippen molar-refractivity contribution in [2.75, 3.05) is 17.3 Å². The fourth-order valence-electron chi connectivity index (χ4n) is 1.94. The third-order valence-electron chi connectivity index (χ3n) is 3.36. The highest BCUT2D eigenvalue weighted by Crippen LogP contribution is 2.23. The van der Waals surface area contributed by atoms with Crippen LogP contribution in [0.3, 0.4) is 0 Å². The first-order chi connectivity index (χ1) is 9.97. The molecule has 0 saturated heterocycles. The second-order valence-electron chi connectivity index (χ2n) is 5.24. The molecule has 0 unspecified atom stereocenters. The van der Waals surface area contributed by atoms with E-state index in [1.54, 1.807) is 18.5 Å². The minimum atomic E-state index is -0.219. The second-order valence-corrected chi connectivity index (χ2v) is 6.15. The maximum atomic E-state index is 14.1. The molecule has 0 aliphatic rings. The summed E-state index contributed by atoms with van der Waals surface area (Å²) in [6.07, 6.45) is 3.52. The van der Waals surface area contributed by atoms with Gasteiger partial charge in [-0.15, -0.1) is 0 Å². The van der Waals surface area contributed by atoms with Crippen LogP contribution in [0, 0.1) is 5.82 Å². The van der Waals surface area contributed by atoms with Crippen molar-refractivity contribution < 1.29 is 4.39 Å². The van der Waals surface area contributed by atoms with Gasteiger partial charge in [-0.2, -0.15) is 0 Å². The van der Waals surface area contributed by atoms with Gasteiger partial charge in [0.15, 0.2) is 0 Å². The lowest BCUT2D eigenvalue weighted by atomic mass is 10.2.